The summed E-state index contributed by atoms with van der Waals surface area (Å²) in [6.07, 6.45) is 1.81. The summed E-state index contributed by atoms with van der Waals surface area (Å²) in [5, 5.41) is 9.23. The second-order valence-corrected chi connectivity index (χ2v) is 5.57. The molecular weight excluding hydrogens is 302 g/mol. The quantitative estimate of drug-likeness (QED) is 0.921. The van der Waals surface area contributed by atoms with Crippen molar-refractivity contribution in [2.45, 2.75) is 25.8 Å². The predicted octanol–water partition coefficient (Wildman–Crippen LogP) is 3.10. The molecule has 92 valence electrons. The minimum Gasteiger partial charge on any atom is -0.339 e. The highest BCUT2D eigenvalue weighted by Gasteiger charge is 2.13. The fourth-order valence-corrected chi connectivity index (χ4v) is 2.88. The normalized spacial score (nSPS) is 12.9. The van der Waals surface area contributed by atoms with E-state index in [4.69, 9.17) is 4.52 Å². The maximum Gasteiger partial charge on any atom is 0.228 e. The first kappa shape index (κ1) is 12.7. The standard InChI is InChI=1S/C11H14BrN3OS/c1-3-8(13-2)5-10-14-11(15-16-10)9-4-7(12)6-17-9/h4,6,8,13H,3,5H2,1-2H3. The fraction of sp³-hybridized carbons (Fsp3) is 0.455. The summed E-state index contributed by atoms with van der Waals surface area (Å²) in [6, 6.07) is 2.38. The van der Waals surface area contributed by atoms with E-state index in [0.29, 0.717) is 17.8 Å². The van der Waals surface area contributed by atoms with Gasteiger partial charge in [-0.3, -0.25) is 0 Å². The minimum absolute atomic E-state index is 0.387. The lowest BCUT2D eigenvalue weighted by Crippen LogP contribution is -2.26. The Kier molecular flexibility index (Phi) is 4.31. The molecule has 0 bridgehead atoms. The molecule has 0 spiro atoms. The molecule has 0 aromatic carbocycles. The first-order valence-corrected chi connectivity index (χ1v) is 7.14. The van der Waals surface area contributed by atoms with Crippen molar-refractivity contribution in [3.05, 3.63) is 21.8 Å². The summed E-state index contributed by atoms with van der Waals surface area (Å²) >= 11 is 5.01. The Hall–Kier alpha value is -0.720. The highest BCUT2D eigenvalue weighted by Crippen LogP contribution is 2.27. The molecule has 17 heavy (non-hydrogen) atoms. The number of hydrogen-bond acceptors (Lipinski definition) is 5. The minimum atomic E-state index is 0.387. The molecule has 6 heteroatoms. The van der Waals surface area contributed by atoms with E-state index in [1.165, 1.54) is 0 Å². The number of nitrogens with one attached hydrogen (secondary N) is 1. The Morgan fingerprint density at radius 3 is 3.00 bits per heavy atom. The first-order valence-electron chi connectivity index (χ1n) is 5.47. The third-order valence-electron chi connectivity index (χ3n) is 2.58. The van der Waals surface area contributed by atoms with Crippen LogP contribution >= 0.6 is 27.3 Å². The van der Waals surface area contributed by atoms with Crippen LogP contribution in [0.25, 0.3) is 10.7 Å². The van der Waals surface area contributed by atoms with Crippen LogP contribution < -0.4 is 5.32 Å². The van der Waals surface area contributed by atoms with Gasteiger partial charge in [-0.05, 0) is 35.5 Å². The average molecular weight is 316 g/mol. The van der Waals surface area contributed by atoms with Gasteiger partial charge in [-0.1, -0.05) is 12.1 Å². The molecule has 1 N–H and O–H groups in total. The Labute approximate surface area is 113 Å². The van der Waals surface area contributed by atoms with Crippen molar-refractivity contribution in [2.75, 3.05) is 7.05 Å². The zero-order valence-electron chi connectivity index (χ0n) is 9.74. The molecule has 2 rings (SSSR count). The number of aromatic nitrogens is 2. The zero-order valence-corrected chi connectivity index (χ0v) is 12.1. The number of thiophene rings is 1. The van der Waals surface area contributed by atoms with E-state index >= 15 is 0 Å². The first-order chi connectivity index (χ1) is 8.22. The molecule has 0 aliphatic heterocycles. The Morgan fingerprint density at radius 1 is 1.59 bits per heavy atom. The number of rotatable bonds is 5. The summed E-state index contributed by atoms with van der Waals surface area (Å²) in [4.78, 5) is 5.42. The van der Waals surface area contributed by atoms with Crippen molar-refractivity contribution in [1.82, 2.24) is 15.5 Å². The van der Waals surface area contributed by atoms with Gasteiger partial charge in [0.2, 0.25) is 11.7 Å². The highest BCUT2D eigenvalue weighted by atomic mass is 79.9. The molecule has 0 saturated carbocycles. The summed E-state index contributed by atoms with van der Waals surface area (Å²) in [6.45, 7) is 2.13. The van der Waals surface area contributed by atoms with Crippen LogP contribution in [0.5, 0.6) is 0 Å². The number of nitrogens with zero attached hydrogens (tertiary/aromatic N) is 2. The van der Waals surface area contributed by atoms with Gasteiger partial charge >= 0.3 is 0 Å². The van der Waals surface area contributed by atoms with Crippen LogP contribution in [0.15, 0.2) is 20.4 Å². The molecule has 2 aromatic heterocycles. The molecule has 0 fully saturated rings. The van der Waals surface area contributed by atoms with Crippen molar-refractivity contribution >= 4 is 27.3 Å². The largest absolute Gasteiger partial charge is 0.339 e. The Balaban J connectivity index is 2.10. The lowest BCUT2D eigenvalue weighted by Gasteiger charge is -2.09. The lowest BCUT2D eigenvalue weighted by molar-refractivity contribution is 0.359. The Morgan fingerprint density at radius 2 is 2.41 bits per heavy atom. The van der Waals surface area contributed by atoms with Gasteiger partial charge in [0.1, 0.15) is 0 Å². The fourth-order valence-electron chi connectivity index (χ4n) is 1.53. The van der Waals surface area contributed by atoms with Gasteiger partial charge in [0, 0.05) is 22.3 Å². The van der Waals surface area contributed by atoms with Crippen LogP contribution in [0.1, 0.15) is 19.2 Å². The maximum absolute atomic E-state index is 5.25. The maximum atomic E-state index is 5.25. The third-order valence-corrected chi connectivity index (χ3v) is 4.27. The average Bonchev–Trinajstić information content (AvgIpc) is 2.94. The van der Waals surface area contributed by atoms with Crippen LogP contribution in [0, 0.1) is 0 Å². The van der Waals surface area contributed by atoms with E-state index < -0.39 is 0 Å². The van der Waals surface area contributed by atoms with Gasteiger partial charge in [0.25, 0.3) is 0 Å². The lowest BCUT2D eigenvalue weighted by atomic mass is 10.1. The zero-order chi connectivity index (χ0) is 12.3. The van der Waals surface area contributed by atoms with Crippen LogP contribution in [0.3, 0.4) is 0 Å². The van der Waals surface area contributed by atoms with Crippen molar-refractivity contribution in [3.8, 4) is 10.7 Å². The molecule has 1 atom stereocenters. The van der Waals surface area contributed by atoms with Crippen LogP contribution in [0.2, 0.25) is 0 Å². The summed E-state index contributed by atoms with van der Waals surface area (Å²) in [7, 11) is 1.95. The molecule has 0 aliphatic carbocycles. The smallest absolute Gasteiger partial charge is 0.228 e. The van der Waals surface area contributed by atoms with Crippen LogP contribution in [-0.4, -0.2) is 23.2 Å². The summed E-state index contributed by atoms with van der Waals surface area (Å²) in [5.41, 5.74) is 0. The Bertz CT molecular complexity index is 479. The van der Waals surface area contributed by atoms with E-state index in [1.54, 1.807) is 11.3 Å². The van der Waals surface area contributed by atoms with Gasteiger partial charge in [0.15, 0.2) is 0 Å². The van der Waals surface area contributed by atoms with E-state index in [9.17, 15) is 0 Å². The van der Waals surface area contributed by atoms with Gasteiger partial charge in [-0.15, -0.1) is 11.3 Å². The molecule has 0 aliphatic rings. The van der Waals surface area contributed by atoms with Gasteiger partial charge < -0.3 is 9.84 Å². The predicted molar refractivity (Wildman–Crippen MR) is 72.2 cm³/mol. The second-order valence-electron chi connectivity index (χ2n) is 3.74. The molecule has 2 aromatic rings. The monoisotopic (exact) mass is 315 g/mol. The van der Waals surface area contributed by atoms with Gasteiger partial charge in [-0.25, -0.2) is 0 Å². The molecule has 4 nitrogen and oxygen atoms in total. The topological polar surface area (TPSA) is 51.0 Å². The van der Waals surface area contributed by atoms with E-state index in [-0.39, 0.29) is 0 Å². The molecule has 0 amide bonds. The number of halogens is 1. The van der Waals surface area contributed by atoms with Crippen LogP contribution in [-0.2, 0) is 6.42 Å². The van der Waals surface area contributed by atoms with Crippen molar-refractivity contribution in [1.29, 1.82) is 0 Å². The number of hydrogen-bond donors (Lipinski definition) is 1. The third kappa shape index (κ3) is 3.14. The highest BCUT2D eigenvalue weighted by molar-refractivity contribution is 9.10. The van der Waals surface area contributed by atoms with Crippen molar-refractivity contribution in [3.63, 3.8) is 0 Å². The van der Waals surface area contributed by atoms with Crippen LogP contribution in [0.4, 0.5) is 0 Å². The SMILES string of the molecule is CCC(Cc1nc(-c2cc(Br)cs2)no1)NC. The molecule has 0 radical (unpaired) electrons. The molecule has 0 saturated heterocycles. The van der Waals surface area contributed by atoms with E-state index in [2.05, 4.69) is 38.3 Å². The van der Waals surface area contributed by atoms with Gasteiger partial charge in [-0.2, -0.15) is 4.98 Å². The second kappa shape index (κ2) is 5.75. The van der Waals surface area contributed by atoms with Crippen molar-refractivity contribution < 1.29 is 4.52 Å². The number of likely N-dealkylation sites (N-methyl/N-ethyl adjacent to an activating group) is 1. The molecular formula is C11H14BrN3OS. The molecule has 1 unspecified atom stereocenters. The van der Waals surface area contributed by atoms with E-state index in [0.717, 1.165) is 22.2 Å². The van der Waals surface area contributed by atoms with E-state index in [1.807, 2.05) is 18.5 Å². The van der Waals surface area contributed by atoms with Crippen molar-refractivity contribution in [2.24, 2.45) is 0 Å². The summed E-state index contributed by atoms with van der Waals surface area (Å²) < 4.78 is 6.30. The molecule has 2 heterocycles. The summed E-state index contributed by atoms with van der Waals surface area (Å²) in [5.74, 6) is 1.35. The van der Waals surface area contributed by atoms with Gasteiger partial charge in [0.05, 0.1) is 4.88 Å².